The Kier molecular flexibility index (Phi) is 9.29. The maximum atomic E-state index is 14.8. The molecule has 0 fully saturated rings. The van der Waals surface area contributed by atoms with Crippen molar-refractivity contribution in [1.29, 1.82) is 0 Å². The zero-order valence-electron chi connectivity index (χ0n) is 23.4. The average molecular weight is 816 g/mol. The molecule has 0 aliphatic carbocycles. The zero-order chi connectivity index (χ0) is 29.6. The molecule has 6 aromatic carbocycles. The van der Waals surface area contributed by atoms with E-state index in [0.717, 1.165) is 21.5 Å². The van der Waals surface area contributed by atoms with Crippen molar-refractivity contribution in [1.82, 2.24) is 0 Å². The second kappa shape index (κ2) is 13.3. The summed E-state index contributed by atoms with van der Waals surface area (Å²) in [4.78, 5) is 0. The van der Waals surface area contributed by atoms with E-state index >= 15 is 0 Å². The molecule has 0 aliphatic heterocycles. The second-order valence-electron chi connectivity index (χ2n) is 10.1. The van der Waals surface area contributed by atoms with Gasteiger partial charge < -0.3 is 0 Å². The van der Waals surface area contributed by atoms with Gasteiger partial charge in [0.2, 0.25) is 0 Å². The molecule has 212 valence electrons. The molecule has 0 bridgehead atoms. The number of hydrogen-bond acceptors (Lipinski definition) is 4. The molecule has 0 unspecified atom stereocenters. The van der Waals surface area contributed by atoms with Gasteiger partial charge in [0.1, 0.15) is 0 Å². The van der Waals surface area contributed by atoms with Gasteiger partial charge in [0.05, 0.1) is 0 Å². The Balaban J connectivity index is 1.60. The van der Waals surface area contributed by atoms with Crippen LogP contribution in [0.3, 0.4) is 0 Å². The topological polar surface area (TPSA) is 52.6 Å². The molecule has 0 N–H and O–H groups in total. The number of rotatable bonds is 10. The van der Waals surface area contributed by atoms with Crippen LogP contribution in [-0.2, 0) is 25.5 Å². The summed E-state index contributed by atoms with van der Waals surface area (Å²) in [5.74, 6) is 0. The van der Waals surface area contributed by atoms with E-state index in [1.165, 1.54) is 0 Å². The van der Waals surface area contributed by atoms with Gasteiger partial charge in [-0.25, -0.2) is 0 Å². The van der Waals surface area contributed by atoms with Crippen LogP contribution in [0.5, 0.6) is 0 Å². The quantitative estimate of drug-likeness (QED) is 0.196. The molecular formula is C36H30CrO4Sn2. The van der Waals surface area contributed by atoms with Gasteiger partial charge in [-0.3, -0.25) is 0 Å². The van der Waals surface area contributed by atoms with Crippen molar-refractivity contribution < 1.29 is 25.5 Å². The fraction of sp³-hybridized carbons (Fsp3) is 0. The molecule has 6 aromatic rings. The van der Waals surface area contributed by atoms with E-state index in [-0.39, 0.29) is 0 Å². The van der Waals surface area contributed by atoms with E-state index in [9.17, 15) is 7.61 Å². The van der Waals surface area contributed by atoms with E-state index in [4.69, 9.17) is 4.25 Å². The summed E-state index contributed by atoms with van der Waals surface area (Å²) in [6, 6.07) is 58.9. The first-order valence-corrected chi connectivity index (χ1v) is 27.0. The third-order valence-electron chi connectivity index (χ3n) is 7.54. The summed E-state index contributed by atoms with van der Waals surface area (Å²) in [7, 11) is 0. The van der Waals surface area contributed by atoms with Crippen LogP contribution in [0.25, 0.3) is 0 Å². The molecule has 4 nitrogen and oxygen atoms in total. The SMILES string of the molecule is [O]=[Cr](=[O])([O][Sn]([c]1ccccc1)([c]1ccccc1)[c]1ccccc1)[O][Sn]([c]1ccccc1)([c]1ccccc1)[c]1ccccc1. The van der Waals surface area contributed by atoms with Crippen molar-refractivity contribution in [3.63, 3.8) is 0 Å². The maximum absolute atomic E-state index is 14.8. The molecule has 0 spiro atoms. The molecule has 0 saturated carbocycles. The summed E-state index contributed by atoms with van der Waals surface area (Å²) in [5.41, 5.74) is 0. The summed E-state index contributed by atoms with van der Waals surface area (Å²) < 4.78 is 48.6. The van der Waals surface area contributed by atoms with Gasteiger partial charge in [0, 0.05) is 0 Å². The van der Waals surface area contributed by atoms with E-state index in [0.29, 0.717) is 0 Å². The fourth-order valence-corrected chi connectivity index (χ4v) is 41.7. The van der Waals surface area contributed by atoms with Crippen LogP contribution in [-0.4, -0.2) is 37.6 Å². The summed E-state index contributed by atoms with van der Waals surface area (Å²) in [6.45, 7) is 0. The van der Waals surface area contributed by atoms with Crippen molar-refractivity contribution in [3.05, 3.63) is 182 Å². The van der Waals surface area contributed by atoms with Crippen molar-refractivity contribution in [3.8, 4) is 0 Å². The van der Waals surface area contributed by atoms with Gasteiger partial charge in [-0.05, 0) is 0 Å². The molecule has 43 heavy (non-hydrogen) atoms. The monoisotopic (exact) mass is 818 g/mol. The standard InChI is InChI=1S/6C6H5.Cr.4O.2Sn/c6*1-2-4-6-5-3-1;;;;;;;/h6*1-5H;;;;;;;. The van der Waals surface area contributed by atoms with Crippen molar-refractivity contribution >= 4 is 59.1 Å². The summed E-state index contributed by atoms with van der Waals surface area (Å²) >= 11 is -15.0. The van der Waals surface area contributed by atoms with Crippen molar-refractivity contribution in [2.24, 2.45) is 0 Å². The Hall–Kier alpha value is -3.03. The van der Waals surface area contributed by atoms with E-state index in [1.54, 1.807) is 0 Å². The predicted octanol–water partition coefficient (Wildman–Crippen LogP) is 4.03. The average Bonchev–Trinajstić information content (AvgIpc) is 3.08. The van der Waals surface area contributed by atoms with Gasteiger partial charge in [0.25, 0.3) is 0 Å². The Morgan fingerprint density at radius 2 is 0.465 bits per heavy atom. The van der Waals surface area contributed by atoms with Crippen LogP contribution < -0.4 is 21.5 Å². The Labute approximate surface area is 264 Å². The van der Waals surface area contributed by atoms with Crippen LogP contribution in [0.2, 0.25) is 0 Å². The Morgan fingerprint density at radius 3 is 0.628 bits per heavy atom. The molecular weight excluding hydrogens is 786 g/mol. The molecule has 7 heteroatoms. The van der Waals surface area contributed by atoms with Crippen LogP contribution in [0.4, 0.5) is 0 Å². The Morgan fingerprint density at radius 1 is 0.302 bits per heavy atom. The summed E-state index contributed by atoms with van der Waals surface area (Å²) in [5, 5.41) is 0. The van der Waals surface area contributed by atoms with Crippen LogP contribution in [0.1, 0.15) is 0 Å². The molecule has 0 heterocycles. The van der Waals surface area contributed by atoms with Crippen molar-refractivity contribution in [2.75, 3.05) is 0 Å². The van der Waals surface area contributed by atoms with Gasteiger partial charge >= 0.3 is 267 Å². The number of hydrogen-bond donors (Lipinski definition) is 0. The van der Waals surface area contributed by atoms with Gasteiger partial charge in [-0.1, -0.05) is 0 Å². The first-order valence-electron chi connectivity index (χ1n) is 14.0. The molecule has 6 rings (SSSR count). The zero-order valence-corrected chi connectivity index (χ0v) is 30.3. The molecule has 0 aromatic heterocycles. The molecule has 0 radical (unpaired) electrons. The Bertz CT molecular complexity index is 1530. The van der Waals surface area contributed by atoms with Crippen molar-refractivity contribution in [2.45, 2.75) is 0 Å². The molecule has 0 saturated heterocycles. The van der Waals surface area contributed by atoms with Crippen LogP contribution in [0.15, 0.2) is 182 Å². The summed E-state index contributed by atoms with van der Waals surface area (Å²) in [6.07, 6.45) is 0. The third-order valence-corrected chi connectivity index (χ3v) is 39.3. The normalized spacial score (nSPS) is 12.1. The first-order chi connectivity index (χ1) is 21.0. The fourth-order valence-electron chi connectivity index (χ4n) is 5.65. The van der Waals surface area contributed by atoms with E-state index in [2.05, 4.69) is 0 Å². The van der Waals surface area contributed by atoms with E-state index in [1.807, 2.05) is 182 Å². The minimum atomic E-state index is -5.63. The first kappa shape index (κ1) is 30.0. The minimum absolute atomic E-state index is 0.894. The number of benzene rings is 6. The molecule has 0 atom stereocenters. The van der Waals surface area contributed by atoms with Gasteiger partial charge in [-0.15, -0.1) is 0 Å². The van der Waals surface area contributed by atoms with Gasteiger partial charge in [-0.2, -0.15) is 0 Å². The van der Waals surface area contributed by atoms with Gasteiger partial charge in [0.15, 0.2) is 0 Å². The van der Waals surface area contributed by atoms with Crippen LogP contribution >= 0.6 is 0 Å². The predicted molar refractivity (Wildman–Crippen MR) is 172 cm³/mol. The van der Waals surface area contributed by atoms with Crippen LogP contribution in [0, 0.1) is 0 Å². The molecule has 0 amide bonds. The molecule has 0 aliphatic rings. The van der Waals surface area contributed by atoms with E-state index < -0.39 is 51.2 Å². The third kappa shape index (κ3) is 6.16. The second-order valence-corrected chi connectivity index (χ2v) is 33.5.